The van der Waals surface area contributed by atoms with Gasteiger partial charge in [-0.1, -0.05) is 41.5 Å². The van der Waals surface area contributed by atoms with E-state index in [1.165, 1.54) is 0 Å². The van der Waals surface area contributed by atoms with E-state index in [1.54, 1.807) is 23.5 Å². The molecular formula is C21H42N4O3S2. The molecule has 3 atom stereocenters. The predicted molar refractivity (Wildman–Crippen MR) is 130 cm³/mol. The lowest BCUT2D eigenvalue weighted by molar-refractivity contribution is -0.130. The van der Waals surface area contributed by atoms with Gasteiger partial charge in [0.15, 0.2) is 5.78 Å². The minimum Gasteiger partial charge on any atom is -0.355 e. The molecule has 0 aliphatic rings. The summed E-state index contributed by atoms with van der Waals surface area (Å²) in [6.45, 7) is 12.4. The van der Waals surface area contributed by atoms with Crippen LogP contribution in [-0.2, 0) is 14.4 Å². The highest BCUT2D eigenvalue weighted by molar-refractivity contribution is 8.00. The maximum absolute atomic E-state index is 12.5. The van der Waals surface area contributed by atoms with Crippen LogP contribution in [0.5, 0.6) is 0 Å². The summed E-state index contributed by atoms with van der Waals surface area (Å²) in [5, 5.41) is 6.51. The standard InChI is InChI=1S/C21H42N4O3S2/c1-13(2)19(26)18(25-21(28)17(23)12-30-15(5)6)9-7-8-10-24-20(27)16(22)11-29-14(3)4/h13-18H,7-12,22-23H2,1-6H3,(H,24,27)(H,25,28)/t16-,17?,18-/m0/s1. The molecule has 0 heterocycles. The van der Waals surface area contributed by atoms with Gasteiger partial charge in [-0.2, -0.15) is 23.5 Å². The average Bonchev–Trinajstić information content (AvgIpc) is 2.67. The van der Waals surface area contributed by atoms with Gasteiger partial charge in [0.1, 0.15) is 0 Å². The van der Waals surface area contributed by atoms with Crippen LogP contribution in [0.15, 0.2) is 0 Å². The Morgan fingerprint density at radius 1 is 0.800 bits per heavy atom. The number of hydrogen-bond donors (Lipinski definition) is 4. The smallest absolute Gasteiger partial charge is 0.238 e. The second-order valence-corrected chi connectivity index (χ2v) is 11.6. The van der Waals surface area contributed by atoms with Crippen molar-refractivity contribution >= 4 is 41.1 Å². The van der Waals surface area contributed by atoms with Crippen molar-refractivity contribution in [3.05, 3.63) is 0 Å². The molecule has 6 N–H and O–H groups in total. The van der Waals surface area contributed by atoms with E-state index in [1.807, 2.05) is 13.8 Å². The van der Waals surface area contributed by atoms with Gasteiger partial charge in [-0.15, -0.1) is 0 Å². The second kappa shape index (κ2) is 15.9. The first-order valence-electron chi connectivity index (χ1n) is 10.8. The third-order valence-electron chi connectivity index (χ3n) is 4.34. The number of hydrogen-bond acceptors (Lipinski definition) is 7. The van der Waals surface area contributed by atoms with E-state index in [9.17, 15) is 14.4 Å². The largest absolute Gasteiger partial charge is 0.355 e. The molecule has 30 heavy (non-hydrogen) atoms. The molecule has 0 spiro atoms. The fourth-order valence-corrected chi connectivity index (χ4v) is 4.01. The Kier molecular flexibility index (Phi) is 15.5. The number of thioether (sulfide) groups is 2. The number of amides is 2. The van der Waals surface area contributed by atoms with Crippen molar-refractivity contribution in [3.8, 4) is 0 Å². The zero-order chi connectivity index (χ0) is 23.3. The number of carbonyl (C=O) groups excluding carboxylic acids is 3. The third-order valence-corrected chi connectivity index (χ3v) is 6.78. The van der Waals surface area contributed by atoms with Gasteiger partial charge < -0.3 is 22.1 Å². The fraction of sp³-hybridized carbons (Fsp3) is 0.857. The molecule has 0 aliphatic carbocycles. The van der Waals surface area contributed by atoms with Gasteiger partial charge in [-0.25, -0.2) is 0 Å². The number of carbonyl (C=O) groups is 3. The molecule has 1 unspecified atom stereocenters. The highest BCUT2D eigenvalue weighted by Crippen LogP contribution is 2.12. The average molecular weight is 463 g/mol. The summed E-state index contributed by atoms with van der Waals surface area (Å²) >= 11 is 3.28. The van der Waals surface area contributed by atoms with E-state index in [-0.39, 0.29) is 23.5 Å². The van der Waals surface area contributed by atoms with Crippen molar-refractivity contribution < 1.29 is 14.4 Å². The normalized spacial score (nSPS) is 14.6. The van der Waals surface area contributed by atoms with Gasteiger partial charge in [-0.3, -0.25) is 14.4 Å². The van der Waals surface area contributed by atoms with Crippen LogP contribution in [-0.4, -0.2) is 64.3 Å². The van der Waals surface area contributed by atoms with Crippen molar-refractivity contribution in [2.75, 3.05) is 18.1 Å². The number of nitrogens with one attached hydrogen (secondary N) is 2. The molecule has 0 aromatic rings. The molecule has 0 fully saturated rings. The predicted octanol–water partition coefficient (Wildman–Crippen LogP) is 1.92. The first-order chi connectivity index (χ1) is 14.0. The van der Waals surface area contributed by atoms with Gasteiger partial charge in [0.05, 0.1) is 18.1 Å². The molecular weight excluding hydrogens is 420 g/mol. The van der Waals surface area contributed by atoms with Crippen molar-refractivity contribution in [3.63, 3.8) is 0 Å². The lowest BCUT2D eigenvalue weighted by Crippen LogP contribution is -2.50. The fourth-order valence-electron chi connectivity index (χ4n) is 2.53. The van der Waals surface area contributed by atoms with Crippen LogP contribution in [0.2, 0.25) is 0 Å². The van der Waals surface area contributed by atoms with E-state index >= 15 is 0 Å². The molecule has 2 amide bonds. The summed E-state index contributed by atoms with van der Waals surface area (Å²) in [4.78, 5) is 36.9. The minimum absolute atomic E-state index is 0.00355. The van der Waals surface area contributed by atoms with Crippen molar-refractivity contribution in [1.29, 1.82) is 0 Å². The van der Waals surface area contributed by atoms with Crippen molar-refractivity contribution in [1.82, 2.24) is 10.6 Å². The summed E-state index contributed by atoms with van der Waals surface area (Å²) in [6.07, 6.45) is 1.94. The number of nitrogens with two attached hydrogens (primary N) is 2. The van der Waals surface area contributed by atoms with Crippen LogP contribution in [0.3, 0.4) is 0 Å². The van der Waals surface area contributed by atoms with E-state index in [2.05, 4.69) is 38.3 Å². The third kappa shape index (κ3) is 13.5. The van der Waals surface area contributed by atoms with Crippen molar-refractivity contribution in [2.24, 2.45) is 17.4 Å². The zero-order valence-electron chi connectivity index (χ0n) is 19.4. The van der Waals surface area contributed by atoms with Crippen molar-refractivity contribution in [2.45, 2.75) is 89.4 Å². The quantitative estimate of drug-likeness (QED) is 0.258. The Labute approximate surface area is 191 Å². The molecule has 0 radical (unpaired) electrons. The lowest BCUT2D eigenvalue weighted by atomic mass is 9.97. The van der Waals surface area contributed by atoms with Gasteiger partial charge >= 0.3 is 0 Å². The Balaban J connectivity index is 4.43. The molecule has 176 valence electrons. The first kappa shape index (κ1) is 29.2. The summed E-state index contributed by atoms with van der Waals surface area (Å²) in [7, 11) is 0. The van der Waals surface area contributed by atoms with Gasteiger partial charge in [-0.05, 0) is 29.8 Å². The Morgan fingerprint density at radius 2 is 1.30 bits per heavy atom. The maximum atomic E-state index is 12.5. The van der Waals surface area contributed by atoms with E-state index in [0.29, 0.717) is 47.8 Å². The summed E-state index contributed by atoms with van der Waals surface area (Å²) in [5.74, 6) is 0.504. The van der Waals surface area contributed by atoms with Crippen LogP contribution in [0.1, 0.15) is 60.8 Å². The van der Waals surface area contributed by atoms with Crippen LogP contribution in [0, 0.1) is 5.92 Å². The second-order valence-electron chi connectivity index (χ2n) is 8.38. The molecule has 0 rings (SSSR count). The van der Waals surface area contributed by atoms with Crippen LogP contribution in [0.25, 0.3) is 0 Å². The molecule has 0 aromatic heterocycles. The number of Topliss-reactive ketones (excluding diaryl/α,β-unsaturated/α-hetero) is 1. The summed E-state index contributed by atoms with van der Waals surface area (Å²) in [5.41, 5.74) is 11.9. The van der Waals surface area contributed by atoms with Gasteiger partial charge in [0.25, 0.3) is 0 Å². The highest BCUT2D eigenvalue weighted by Gasteiger charge is 2.25. The Morgan fingerprint density at radius 3 is 1.77 bits per heavy atom. The van der Waals surface area contributed by atoms with Crippen LogP contribution in [0.4, 0.5) is 0 Å². The van der Waals surface area contributed by atoms with E-state index in [0.717, 1.165) is 0 Å². The van der Waals surface area contributed by atoms with Gasteiger partial charge in [0.2, 0.25) is 11.8 Å². The molecule has 0 saturated heterocycles. The monoisotopic (exact) mass is 462 g/mol. The first-order valence-corrected chi connectivity index (χ1v) is 12.9. The minimum atomic E-state index is -0.635. The Bertz CT molecular complexity index is 530. The number of rotatable bonds is 16. The topological polar surface area (TPSA) is 127 Å². The van der Waals surface area contributed by atoms with E-state index < -0.39 is 18.1 Å². The molecule has 0 saturated carbocycles. The number of unbranched alkanes of at least 4 members (excludes halogenated alkanes) is 1. The molecule has 9 heteroatoms. The molecule has 0 bridgehead atoms. The summed E-state index contributed by atoms with van der Waals surface area (Å²) in [6, 6.07) is -1.70. The molecule has 0 aromatic carbocycles. The van der Waals surface area contributed by atoms with Crippen LogP contribution < -0.4 is 22.1 Å². The van der Waals surface area contributed by atoms with Crippen LogP contribution >= 0.6 is 23.5 Å². The van der Waals surface area contributed by atoms with Gasteiger partial charge in [0, 0.05) is 24.0 Å². The lowest BCUT2D eigenvalue weighted by Gasteiger charge is -2.22. The molecule has 0 aliphatic heterocycles. The highest BCUT2D eigenvalue weighted by atomic mass is 32.2. The van der Waals surface area contributed by atoms with E-state index in [4.69, 9.17) is 11.5 Å². The number of ketones is 1. The summed E-state index contributed by atoms with van der Waals surface area (Å²) < 4.78 is 0. The maximum Gasteiger partial charge on any atom is 0.238 e. The SMILES string of the molecule is CC(C)SCC(N)C(=O)N[C@@H](CCCCNC(=O)[C@@H](N)CSC(C)C)C(=O)C(C)C. The zero-order valence-corrected chi connectivity index (χ0v) is 21.0. The molecule has 7 nitrogen and oxygen atoms in total. The Hall–Kier alpha value is -0.770.